The third kappa shape index (κ3) is 4.93. The normalized spacial score (nSPS) is 24.4. The number of methoxy groups -OCH3 is 2. The number of hydrogen-bond donors (Lipinski definition) is 0. The SMILES string of the molecule is COCC(C)(F)CN1[C@H](c2ccc(Br)cc2OC)c2ccc3nn(C4CCCCO4)cc3c2C[C@H]1C. The Labute approximate surface area is 220 Å². The molecule has 0 amide bonds. The minimum absolute atomic E-state index is 0.0111. The number of fused-ring (bicyclic) bond motifs is 3. The van der Waals surface area contributed by atoms with Gasteiger partial charge in [-0.2, -0.15) is 5.10 Å². The average molecular weight is 561 g/mol. The third-order valence-electron chi connectivity index (χ3n) is 7.45. The van der Waals surface area contributed by atoms with Crippen LogP contribution in [0.3, 0.4) is 0 Å². The molecule has 36 heavy (non-hydrogen) atoms. The first-order chi connectivity index (χ1) is 17.3. The molecular weight excluding hydrogens is 525 g/mol. The Morgan fingerprint density at radius 3 is 2.72 bits per heavy atom. The van der Waals surface area contributed by atoms with Crippen molar-refractivity contribution in [3.8, 4) is 5.75 Å². The van der Waals surface area contributed by atoms with Gasteiger partial charge in [0.05, 0.1) is 25.3 Å². The summed E-state index contributed by atoms with van der Waals surface area (Å²) in [4.78, 5) is 2.26. The maximum Gasteiger partial charge on any atom is 0.150 e. The molecule has 0 N–H and O–H groups in total. The molecule has 3 aromatic rings. The van der Waals surface area contributed by atoms with E-state index in [0.29, 0.717) is 0 Å². The molecule has 0 aliphatic carbocycles. The molecule has 0 spiro atoms. The molecule has 1 saturated heterocycles. The van der Waals surface area contributed by atoms with E-state index >= 15 is 4.39 Å². The Kier molecular flexibility index (Phi) is 7.41. The fourth-order valence-corrected chi connectivity index (χ4v) is 6.17. The van der Waals surface area contributed by atoms with E-state index in [1.165, 1.54) is 11.1 Å². The van der Waals surface area contributed by atoms with Gasteiger partial charge in [0, 0.05) is 47.9 Å². The van der Waals surface area contributed by atoms with Crippen molar-refractivity contribution in [3.63, 3.8) is 0 Å². The minimum atomic E-state index is -1.49. The zero-order chi connectivity index (χ0) is 25.4. The van der Waals surface area contributed by atoms with E-state index in [0.717, 1.165) is 59.0 Å². The highest BCUT2D eigenvalue weighted by atomic mass is 79.9. The van der Waals surface area contributed by atoms with Gasteiger partial charge in [-0.3, -0.25) is 4.90 Å². The smallest absolute Gasteiger partial charge is 0.150 e. The van der Waals surface area contributed by atoms with E-state index in [1.807, 2.05) is 16.8 Å². The van der Waals surface area contributed by atoms with Crippen LogP contribution in [0.5, 0.6) is 5.75 Å². The van der Waals surface area contributed by atoms with Gasteiger partial charge in [-0.25, -0.2) is 9.07 Å². The number of aromatic nitrogens is 2. The molecule has 4 atom stereocenters. The van der Waals surface area contributed by atoms with Gasteiger partial charge in [0.25, 0.3) is 0 Å². The van der Waals surface area contributed by atoms with Crippen molar-refractivity contribution in [2.45, 2.75) is 63.5 Å². The maximum absolute atomic E-state index is 15.6. The number of halogens is 2. The van der Waals surface area contributed by atoms with E-state index in [4.69, 9.17) is 19.3 Å². The molecular formula is C28H35BrFN3O3. The van der Waals surface area contributed by atoms with Crippen molar-refractivity contribution >= 4 is 26.8 Å². The average Bonchev–Trinajstić information content (AvgIpc) is 3.30. The highest BCUT2D eigenvalue weighted by Gasteiger charge is 2.40. The number of hydrogen-bond acceptors (Lipinski definition) is 5. The highest BCUT2D eigenvalue weighted by Crippen LogP contribution is 2.45. The molecule has 0 radical (unpaired) electrons. The van der Waals surface area contributed by atoms with Gasteiger partial charge in [0.15, 0.2) is 0 Å². The molecule has 2 aromatic carbocycles. The van der Waals surface area contributed by atoms with Crippen LogP contribution >= 0.6 is 15.9 Å². The number of ether oxygens (including phenoxy) is 3. The summed E-state index contributed by atoms with van der Waals surface area (Å²) in [7, 11) is 3.23. The zero-order valence-corrected chi connectivity index (χ0v) is 23.1. The number of alkyl halides is 1. The predicted molar refractivity (Wildman–Crippen MR) is 142 cm³/mol. The van der Waals surface area contributed by atoms with Gasteiger partial charge >= 0.3 is 0 Å². The van der Waals surface area contributed by atoms with Crippen LogP contribution < -0.4 is 4.74 Å². The van der Waals surface area contributed by atoms with Gasteiger partial charge in [-0.15, -0.1) is 0 Å². The van der Waals surface area contributed by atoms with Crippen molar-refractivity contribution in [2.75, 3.05) is 34.0 Å². The fourth-order valence-electron chi connectivity index (χ4n) is 5.83. The van der Waals surface area contributed by atoms with Gasteiger partial charge in [0.1, 0.15) is 17.6 Å². The van der Waals surface area contributed by atoms with Crippen molar-refractivity contribution in [2.24, 2.45) is 0 Å². The summed E-state index contributed by atoms with van der Waals surface area (Å²) in [5.74, 6) is 0.776. The van der Waals surface area contributed by atoms with Crippen molar-refractivity contribution in [3.05, 3.63) is 57.7 Å². The maximum atomic E-state index is 15.6. The molecule has 8 heteroatoms. The first kappa shape index (κ1) is 25.6. The Hall–Kier alpha value is -2.00. The van der Waals surface area contributed by atoms with Gasteiger partial charge in [-0.1, -0.05) is 28.1 Å². The summed E-state index contributed by atoms with van der Waals surface area (Å²) in [5.41, 5.74) is 2.93. The molecule has 1 aromatic heterocycles. The van der Waals surface area contributed by atoms with E-state index in [2.05, 4.69) is 52.1 Å². The van der Waals surface area contributed by atoms with Crippen LogP contribution in [0, 0.1) is 0 Å². The lowest BCUT2D eigenvalue weighted by molar-refractivity contribution is -0.0390. The Morgan fingerprint density at radius 2 is 2.00 bits per heavy atom. The van der Waals surface area contributed by atoms with Gasteiger partial charge < -0.3 is 14.2 Å². The molecule has 2 aliphatic heterocycles. The molecule has 3 heterocycles. The largest absolute Gasteiger partial charge is 0.496 e. The number of nitrogens with zero attached hydrogens (tertiary/aromatic N) is 3. The summed E-state index contributed by atoms with van der Waals surface area (Å²) in [6, 6.07) is 10.3. The monoisotopic (exact) mass is 559 g/mol. The minimum Gasteiger partial charge on any atom is -0.496 e. The highest BCUT2D eigenvalue weighted by molar-refractivity contribution is 9.10. The molecule has 2 aliphatic rings. The molecule has 194 valence electrons. The van der Waals surface area contributed by atoms with E-state index in [9.17, 15) is 0 Å². The summed E-state index contributed by atoms with van der Waals surface area (Å²) >= 11 is 3.57. The first-order valence-corrected chi connectivity index (χ1v) is 13.5. The van der Waals surface area contributed by atoms with Crippen LogP contribution in [0.25, 0.3) is 10.9 Å². The number of benzene rings is 2. The van der Waals surface area contributed by atoms with Crippen molar-refractivity contribution in [1.82, 2.24) is 14.7 Å². The van der Waals surface area contributed by atoms with E-state index < -0.39 is 5.67 Å². The summed E-state index contributed by atoms with van der Waals surface area (Å²) in [5, 5.41) is 6.03. The summed E-state index contributed by atoms with van der Waals surface area (Å²) < 4.78 is 35.6. The summed E-state index contributed by atoms with van der Waals surface area (Å²) in [6.45, 7) is 4.86. The quantitative estimate of drug-likeness (QED) is 0.344. The topological polar surface area (TPSA) is 48.8 Å². The second-order valence-corrected chi connectivity index (χ2v) is 11.3. The Balaban J connectivity index is 1.64. The molecule has 0 saturated carbocycles. The lowest BCUT2D eigenvalue weighted by Gasteiger charge is -2.45. The van der Waals surface area contributed by atoms with Crippen molar-refractivity contribution in [1.29, 1.82) is 0 Å². The predicted octanol–water partition coefficient (Wildman–Crippen LogP) is 6.22. The van der Waals surface area contributed by atoms with Crippen LogP contribution in [0.1, 0.15) is 62.1 Å². The van der Waals surface area contributed by atoms with Crippen LogP contribution in [-0.4, -0.2) is 60.4 Å². The second kappa shape index (κ2) is 10.4. The van der Waals surface area contributed by atoms with Crippen LogP contribution in [0.15, 0.2) is 41.0 Å². The summed E-state index contributed by atoms with van der Waals surface area (Å²) in [6.07, 6.45) is 6.18. The standard InChI is InChI=1S/C28H35BrFN3O3/c1-18-13-22-20(10-11-24-23(22)15-33(31-24)26-7-5-6-12-36-26)27(32(18)16-28(2,30)17-34-3)21-9-8-19(29)14-25(21)35-4/h8-11,14-15,18,26-27H,5-7,12-13,16-17H2,1-4H3/t18-,26?,27+,28?/m1/s1. The van der Waals surface area contributed by atoms with Crippen molar-refractivity contribution < 1.29 is 18.6 Å². The van der Waals surface area contributed by atoms with Gasteiger partial charge in [0.2, 0.25) is 0 Å². The van der Waals surface area contributed by atoms with Gasteiger partial charge in [-0.05, 0) is 68.9 Å². The fraction of sp³-hybridized carbons (Fsp3) is 0.536. The molecule has 2 unspecified atom stereocenters. The Bertz CT molecular complexity index is 1220. The lowest BCUT2D eigenvalue weighted by atomic mass is 9.82. The molecule has 5 rings (SSSR count). The third-order valence-corrected chi connectivity index (χ3v) is 7.94. The Morgan fingerprint density at radius 1 is 1.19 bits per heavy atom. The molecule has 1 fully saturated rings. The van der Waals surface area contributed by atoms with Crippen LogP contribution in [-0.2, 0) is 15.9 Å². The zero-order valence-electron chi connectivity index (χ0n) is 21.5. The van der Waals surface area contributed by atoms with E-state index in [1.54, 1.807) is 21.1 Å². The van der Waals surface area contributed by atoms with Crippen LogP contribution in [0.2, 0.25) is 0 Å². The molecule has 0 bridgehead atoms. The molecule has 6 nitrogen and oxygen atoms in total. The van der Waals surface area contributed by atoms with E-state index in [-0.39, 0.29) is 31.5 Å². The second-order valence-electron chi connectivity index (χ2n) is 10.4. The first-order valence-electron chi connectivity index (χ1n) is 12.7. The lowest BCUT2D eigenvalue weighted by Crippen LogP contribution is -2.50. The number of rotatable bonds is 7. The van der Waals surface area contributed by atoms with Crippen LogP contribution in [0.4, 0.5) is 4.39 Å².